The first-order chi connectivity index (χ1) is 20.7. The molecule has 0 atom stereocenters. The topological polar surface area (TPSA) is 124 Å². The summed E-state index contributed by atoms with van der Waals surface area (Å²) in [6.45, 7) is 9.75. The third-order valence-corrected chi connectivity index (χ3v) is 10.2. The minimum absolute atomic E-state index is 0.0612. The van der Waals surface area contributed by atoms with Crippen LogP contribution in [0.5, 0.6) is 0 Å². The first kappa shape index (κ1) is 30.1. The van der Waals surface area contributed by atoms with Gasteiger partial charge in [-0.15, -0.1) is 0 Å². The molecular formula is C29H36Cl2N6O5Si. The minimum Gasteiger partial charge on any atom is -0.373 e. The maximum absolute atomic E-state index is 11.6. The van der Waals surface area contributed by atoms with E-state index in [4.69, 9.17) is 46.8 Å². The number of nitrogens with one attached hydrogen (secondary N) is 1. The Morgan fingerprint density at radius 1 is 1.07 bits per heavy atom. The average Bonchev–Trinajstić information content (AvgIpc) is 3.36. The number of ether oxygens (including phenoxy) is 2. The molecule has 0 radical (unpaired) electrons. The van der Waals surface area contributed by atoms with Crippen molar-refractivity contribution >= 4 is 37.1 Å². The summed E-state index contributed by atoms with van der Waals surface area (Å²) in [6, 6.07) is 8.39. The number of rotatable bonds is 12. The van der Waals surface area contributed by atoms with E-state index in [0.29, 0.717) is 52.0 Å². The van der Waals surface area contributed by atoms with Crippen LogP contribution in [0.25, 0.3) is 22.8 Å². The molecule has 2 aliphatic rings. The molecule has 43 heavy (non-hydrogen) atoms. The van der Waals surface area contributed by atoms with Gasteiger partial charge in [0, 0.05) is 50.9 Å². The number of aromatic nitrogens is 5. The van der Waals surface area contributed by atoms with Crippen LogP contribution in [0.2, 0.25) is 35.7 Å². The third kappa shape index (κ3) is 7.09. The summed E-state index contributed by atoms with van der Waals surface area (Å²) in [5, 5.41) is 14.1. The maximum Gasteiger partial charge on any atom is 0.439 e. The van der Waals surface area contributed by atoms with Crippen molar-refractivity contribution in [1.82, 2.24) is 25.1 Å². The molecule has 4 heterocycles. The van der Waals surface area contributed by atoms with Gasteiger partial charge in [0.05, 0.1) is 22.8 Å². The lowest BCUT2D eigenvalue weighted by Crippen LogP contribution is -2.37. The lowest BCUT2D eigenvalue weighted by atomic mass is 10.0. The van der Waals surface area contributed by atoms with Gasteiger partial charge in [0.15, 0.2) is 5.82 Å². The van der Waals surface area contributed by atoms with Crippen LogP contribution >= 0.6 is 23.2 Å². The predicted molar refractivity (Wildman–Crippen MR) is 166 cm³/mol. The summed E-state index contributed by atoms with van der Waals surface area (Å²) in [5.41, 5.74) is 2.90. The summed E-state index contributed by atoms with van der Waals surface area (Å²) in [7, 11) is -1.22. The summed E-state index contributed by atoms with van der Waals surface area (Å²) in [6.07, 6.45) is 3.86. The highest BCUT2D eigenvalue weighted by molar-refractivity contribution is 6.76. The molecule has 2 fully saturated rings. The quantitative estimate of drug-likeness (QED) is 0.134. The van der Waals surface area contributed by atoms with Crippen molar-refractivity contribution in [2.75, 3.05) is 24.6 Å². The molecule has 14 heteroatoms. The van der Waals surface area contributed by atoms with E-state index < -0.39 is 13.8 Å². The highest BCUT2D eigenvalue weighted by atomic mass is 35.5. The molecule has 1 aliphatic heterocycles. The zero-order valence-corrected chi connectivity index (χ0v) is 27.1. The molecule has 230 valence electrons. The lowest BCUT2D eigenvalue weighted by molar-refractivity contribution is 0.0245. The van der Waals surface area contributed by atoms with Crippen LogP contribution < -0.4 is 10.7 Å². The van der Waals surface area contributed by atoms with Gasteiger partial charge in [-0.3, -0.25) is 9.51 Å². The number of hydrogen-bond donors (Lipinski definition) is 1. The number of H-pyrrole nitrogens is 1. The van der Waals surface area contributed by atoms with E-state index in [9.17, 15) is 4.79 Å². The molecule has 0 unspecified atom stereocenters. The number of nitrogens with zero attached hydrogens (tertiary/aromatic N) is 5. The van der Waals surface area contributed by atoms with Crippen molar-refractivity contribution in [2.45, 2.75) is 76.7 Å². The molecule has 11 nitrogen and oxygen atoms in total. The van der Waals surface area contributed by atoms with Gasteiger partial charge < -0.3 is 18.9 Å². The second-order valence-electron chi connectivity index (χ2n) is 12.4. The third-order valence-electron chi connectivity index (χ3n) is 7.86. The van der Waals surface area contributed by atoms with Crippen molar-refractivity contribution in [3.8, 4) is 22.8 Å². The summed E-state index contributed by atoms with van der Waals surface area (Å²) < 4.78 is 24.7. The molecule has 4 aromatic rings. The van der Waals surface area contributed by atoms with Crippen LogP contribution in [0.15, 0.2) is 38.1 Å². The predicted octanol–water partition coefficient (Wildman–Crippen LogP) is 6.56. The van der Waals surface area contributed by atoms with Gasteiger partial charge in [0.1, 0.15) is 23.9 Å². The summed E-state index contributed by atoms with van der Waals surface area (Å²) in [5.74, 6) is 1.74. The molecule has 3 aromatic heterocycles. The van der Waals surface area contributed by atoms with Crippen LogP contribution in [-0.2, 0) is 22.8 Å². The molecular weight excluding hydrogens is 611 g/mol. The Kier molecular flexibility index (Phi) is 8.83. The molecule has 6 rings (SSSR count). The number of aromatic amines is 1. The highest BCUT2D eigenvalue weighted by Gasteiger charge is 2.34. The number of hydrogen-bond acceptors (Lipinski definition) is 9. The van der Waals surface area contributed by atoms with Crippen LogP contribution in [0.3, 0.4) is 0 Å². The molecule has 0 amide bonds. The van der Waals surface area contributed by atoms with E-state index in [-0.39, 0.29) is 12.8 Å². The fraction of sp³-hybridized carbons (Fsp3) is 0.517. The number of anilines is 1. The van der Waals surface area contributed by atoms with Gasteiger partial charge in [-0.1, -0.05) is 59.2 Å². The van der Waals surface area contributed by atoms with Crippen molar-refractivity contribution in [3.05, 3.63) is 56.2 Å². The molecule has 0 spiro atoms. The summed E-state index contributed by atoms with van der Waals surface area (Å²) in [4.78, 5) is 16.5. The number of halogens is 2. The fourth-order valence-corrected chi connectivity index (χ4v) is 6.55. The van der Waals surface area contributed by atoms with Crippen LogP contribution in [0, 0.1) is 0 Å². The van der Waals surface area contributed by atoms with Crippen molar-refractivity contribution < 1.29 is 18.5 Å². The van der Waals surface area contributed by atoms with Gasteiger partial charge in [-0.05, 0) is 43.9 Å². The number of piperidine rings is 1. The van der Waals surface area contributed by atoms with Crippen molar-refractivity contribution in [3.63, 3.8) is 0 Å². The summed E-state index contributed by atoms with van der Waals surface area (Å²) >= 11 is 13.0. The van der Waals surface area contributed by atoms with Crippen LogP contribution in [0.1, 0.15) is 42.9 Å². The van der Waals surface area contributed by atoms with Gasteiger partial charge in [-0.2, -0.15) is 5.10 Å². The lowest BCUT2D eigenvalue weighted by Gasteiger charge is -2.32. The Bertz CT molecular complexity index is 1590. The van der Waals surface area contributed by atoms with E-state index >= 15 is 0 Å². The maximum atomic E-state index is 11.6. The second-order valence-corrected chi connectivity index (χ2v) is 18.9. The van der Waals surface area contributed by atoms with E-state index in [2.05, 4.69) is 39.8 Å². The smallest absolute Gasteiger partial charge is 0.373 e. The number of benzene rings is 1. The van der Waals surface area contributed by atoms with E-state index in [1.807, 2.05) is 12.1 Å². The van der Waals surface area contributed by atoms with Gasteiger partial charge in [0.25, 0.3) is 0 Å². The molecule has 1 saturated carbocycles. The Hall–Kier alpha value is -2.90. The fourth-order valence-electron chi connectivity index (χ4n) is 5.22. The average molecular weight is 648 g/mol. The SMILES string of the molecule is C[Si](C)(C)CCOCn1nc(N2CCC(OCc3c(-c4c(Cl)cccc4Cl)noc3C3CC3)CC2)cc1-c1noc(=O)[nH]1. The Balaban J connectivity index is 1.11. The van der Waals surface area contributed by atoms with Crippen molar-refractivity contribution in [2.24, 2.45) is 0 Å². The monoisotopic (exact) mass is 646 g/mol. The zero-order chi connectivity index (χ0) is 30.1. The van der Waals surface area contributed by atoms with Crippen LogP contribution in [-0.4, -0.2) is 59.0 Å². The minimum atomic E-state index is -1.22. The largest absolute Gasteiger partial charge is 0.439 e. The molecule has 1 aliphatic carbocycles. The molecule has 1 saturated heterocycles. The molecule has 1 N–H and O–H groups in total. The normalized spacial score (nSPS) is 16.3. The van der Waals surface area contributed by atoms with E-state index in [1.54, 1.807) is 16.8 Å². The molecule has 1 aromatic carbocycles. The Morgan fingerprint density at radius 2 is 1.81 bits per heavy atom. The molecule has 0 bridgehead atoms. The van der Waals surface area contributed by atoms with Crippen molar-refractivity contribution in [1.29, 1.82) is 0 Å². The van der Waals surface area contributed by atoms with Gasteiger partial charge >= 0.3 is 5.76 Å². The highest BCUT2D eigenvalue weighted by Crippen LogP contribution is 2.46. The van der Waals surface area contributed by atoms with Gasteiger partial charge in [-0.25, -0.2) is 9.48 Å². The standard InChI is InChI=1S/C29H36Cl2N6O5Si/c1-43(2,3)14-13-39-17-37-23(28-32-29(38)42-35-28)15-24(33-37)36-11-9-19(10-12-36)40-16-20-26(34-41-27(20)18-7-8-18)25-21(30)5-4-6-22(25)31/h4-6,15,18-19H,7-14,16-17H2,1-3H3,(H,32,35,38). The van der Waals surface area contributed by atoms with E-state index in [1.165, 1.54) is 0 Å². The zero-order valence-electron chi connectivity index (χ0n) is 24.6. The van der Waals surface area contributed by atoms with Crippen LogP contribution in [0.4, 0.5) is 5.82 Å². The Labute approximate surface area is 260 Å². The first-order valence-electron chi connectivity index (χ1n) is 14.7. The Morgan fingerprint density at radius 3 is 2.47 bits per heavy atom. The second kappa shape index (κ2) is 12.6. The van der Waals surface area contributed by atoms with Gasteiger partial charge in [0.2, 0.25) is 5.82 Å². The first-order valence-corrected chi connectivity index (χ1v) is 19.1. The van der Waals surface area contributed by atoms with E-state index in [0.717, 1.165) is 62.0 Å².